The molecule has 2 aromatic carbocycles. The molecule has 6 heteroatoms. The van der Waals surface area contributed by atoms with E-state index in [4.69, 9.17) is 9.84 Å². The first-order chi connectivity index (χ1) is 17.1. The topological polar surface area (TPSA) is 61.5 Å². The van der Waals surface area contributed by atoms with Gasteiger partial charge in [0.25, 0.3) is 0 Å². The molecular weight excluding hydrogens is 436 g/mol. The van der Waals surface area contributed by atoms with Crippen LogP contribution in [0, 0.1) is 6.92 Å². The minimum atomic E-state index is 0.128. The monoisotopic (exact) mass is 472 g/mol. The SMILES string of the molecule is CCc1ccc(C2CC(c3cc(Cc4ccc(C)cc4)[nH]n3)CN(C(=O)N3CCOCC3)C2)cc1. The Labute approximate surface area is 208 Å². The molecule has 0 radical (unpaired) electrons. The lowest BCUT2D eigenvalue weighted by Gasteiger charge is -2.40. The zero-order valence-electron chi connectivity index (χ0n) is 20.9. The normalized spacial score (nSPS) is 20.7. The molecule has 184 valence electrons. The number of carbonyl (C=O) groups excluding carboxylic acids is 1. The number of H-pyrrole nitrogens is 1. The molecule has 2 aliphatic heterocycles. The van der Waals surface area contributed by atoms with Crippen LogP contribution in [0.2, 0.25) is 0 Å². The molecule has 2 aliphatic rings. The summed E-state index contributed by atoms with van der Waals surface area (Å²) >= 11 is 0. The van der Waals surface area contributed by atoms with Crippen LogP contribution in [0.3, 0.4) is 0 Å². The summed E-state index contributed by atoms with van der Waals surface area (Å²) in [6, 6.07) is 19.9. The number of hydrogen-bond acceptors (Lipinski definition) is 3. The number of morpholine rings is 1. The highest BCUT2D eigenvalue weighted by molar-refractivity contribution is 5.75. The van der Waals surface area contributed by atoms with Crippen LogP contribution in [0.25, 0.3) is 0 Å². The molecule has 1 aromatic heterocycles. The zero-order valence-corrected chi connectivity index (χ0v) is 20.9. The van der Waals surface area contributed by atoms with Crippen LogP contribution in [-0.4, -0.2) is 65.4 Å². The van der Waals surface area contributed by atoms with Crippen molar-refractivity contribution in [1.82, 2.24) is 20.0 Å². The van der Waals surface area contributed by atoms with Crippen molar-refractivity contribution in [3.63, 3.8) is 0 Å². The first-order valence-corrected chi connectivity index (χ1v) is 12.9. The Morgan fingerprint density at radius 2 is 1.66 bits per heavy atom. The maximum absolute atomic E-state index is 13.4. The van der Waals surface area contributed by atoms with Gasteiger partial charge in [0.15, 0.2) is 0 Å². The maximum atomic E-state index is 13.4. The Balaban J connectivity index is 1.36. The van der Waals surface area contributed by atoms with Crippen LogP contribution in [0.15, 0.2) is 54.6 Å². The molecule has 0 aliphatic carbocycles. The van der Waals surface area contributed by atoms with E-state index in [1.165, 1.54) is 22.3 Å². The zero-order chi connectivity index (χ0) is 24.2. The van der Waals surface area contributed by atoms with E-state index in [0.717, 1.165) is 37.2 Å². The number of carbonyl (C=O) groups is 1. The number of piperidine rings is 1. The Kier molecular flexibility index (Phi) is 7.19. The molecule has 35 heavy (non-hydrogen) atoms. The third kappa shape index (κ3) is 5.59. The fourth-order valence-corrected chi connectivity index (χ4v) is 5.30. The van der Waals surface area contributed by atoms with Crippen molar-refractivity contribution in [2.24, 2.45) is 0 Å². The van der Waals surface area contributed by atoms with E-state index in [0.29, 0.717) is 38.8 Å². The van der Waals surface area contributed by atoms with Crippen molar-refractivity contribution in [1.29, 1.82) is 0 Å². The van der Waals surface area contributed by atoms with Crippen LogP contribution >= 0.6 is 0 Å². The van der Waals surface area contributed by atoms with Crippen molar-refractivity contribution >= 4 is 6.03 Å². The number of ether oxygens (including phenoxy) is 1. The second-order valence-corrected chi connectivity index (χ2v) is 9.99. The van der Waals surface area contributed by atoms with Crippen molar-refractivity contribution in [3.05, 3.63) is 88.2 Å². The Hall–Kier alpha value is -3.12. The van der Waals surface area contributed by atoms with Gasteiger partial charge in [0.2, 0.25) is 0 Å². The predicted molar refractivity (Wildman–Crippen MR) is 138 cm³/mol. The molecule has 2 unspecified atom stereocenters. The highest BCUT2D eigenvalue weighted by Gasteiger charge is 2.35. The number of rotatable bonds is 5. The molecule has 2 saturated heterocycles. The van der Waals surface area contributed by atoms with Gasteiger partial charge in [-0.15, -0.1) is 0 Å². The van der Waals surface area contributed by atoms with E-state index in [2.05, 4.69) is 73.5 Å². The minimum absolute atomic E-state index is 0.128. The molecule has 0 saturated carbocycles. The van der Waals surface area contributed by atoms with Gasteiger partial charge in [-0.1, -0.05) is 61.0 Å². The largest absolute Gasteiger partial charge is 0.378 e. The van der Waals surface area contributed by atoms with Crippen molar-refractivity contribution < 1.29 is 9.53 Å². The minimum Gasteiger partial charge on any atom is -0.378 e. The smallest absolute Gasteiger partial charge is 0.320 e. The second kappa shape index (κ2) is 10.6. The summed E-state index contributed by atoms with van der Waals surface area (Å²) in [4.78, 5) is 17.4. The molecule has 1 N–H and O–H groups in total. The average molecular weight is 473 g/mol. The Morgan fingerprint density at radius 3 is 2.37 bits per heavy atom. The van der Waals surface area contributed by atoms with Gasteiger partial charge in [-0.3, -0.25) is 5.10 Å². The lowest BCUT2D eigenvalue weighted by atomic mass is 9.82. The summed E-state index contributed by atoms with van der Waals surface area (Å²) in [5, 5.41) is 7.98. The number of aromatic amines is 1. The van der Waals surface area contributed by atoms with Crippen LogP contribution in [-0.2, 0) is 17.6 Å². The van der Waals surface area contributed by atoms with Gasteiger partial charge in [-0.05, 0) is 42.5 Å². The van der Waals surface area contributed by atoms with Gasteiger partial charge >= 0.3 is 6.03 Å². The summed E-state index contributed by atoms with van der Waals surface area (Å²) < 4.78 is 5.47. The predicted octanol–water partition coefficient (Wildman–Crippen LogP) is 4.90. The van der Waals surface area contributed by atoms with Gasteiger partial charge in [0, 0.05) is 50.1 Å². The lowest BCUT2D eigenvalue weighted by molar-refractivity contribution is 0.0398. The first-order valence-electron chi connectivity index (χ1n) is 12.9. The third-order valence-corrected chi connectivity index (χ3v) is 7.45. The van der Waals surface area contributed by atoms with E-state index in [-0.39, 0.29) is 11.9 Å². The van der Waals surface area contributed by atoms with Gasteiger partial charge in [0.1, 0.15) is 0 Å². The number of urea groups is 1. The molecule has 2 amide bonds. The van der Waals surface area contributed by atoms with E-state index < -0.39 is 0 Å². The van der Waals surface area contributed by atoms with Gasteiger partial charge < -0.3 is 14.5 Å². The van der Waals surface area contributed by atoms with Gasteiger partial charge in [-0.25, -0.2) is 4.79 Å². The molecule has 2 fully saturated rings. The van der Waals surface area contributed by atoms with Crippen LogP contribution in [0.1, 0.15) is 58.8 Å². The molecular formula is C29H36N4O2. The van der Waals surface area contributed by atoms with Gasteiger partial charge in [0.05, 0.1) is 18.9 Å². The fourth-order valence-electron chi connectivity index (χ4n) is 5.30. The second-order valence-electron chi connectivity index (χ2n) is 9.99. The fraction of sp³-hybridized carbons (Fsp3) is 0.448. The summed E-state index contributed by atoms with van der Waals surface area (Å²) in [5.74, 6) is 0.495. The number of amides is 2. The van der Waals surface area contributed by atoms with E-state index in [1.54, 1.807) is 0 Å². The van der Waals surface area contributed by atoms with E-state index in [9.17, 15) is 4.79 Å². The summed E-state index contributed by atoms with van der Waals surface area (Å²) in [6.45, 7) is 8.31. The maximum Gasteiger partial charge on any atom is 0.320 e. The number of nitrogens with zero attached hydrogens (tertiary/aromatic N) is 3. The summed E-state index contributed by atoms with van der Waals surface area (Å²) in [6.07, 6.45) is 2.86. The number of benzene rings is 2. The standard InChI is InChI=1S/C29H36N4O2/c1-3-22-8-10-24(11-9-22)25-17-26(20-33(19-25)29(34)32-12-14-35-15-13-32)28-18-27(30-31-28)16-23-6-4-21(2)5-7-23/h4-11,18,25-26H,3,12-17,19-20H2,1-2H3,(H,30,31). The molecule has 0 spiro atoms. The van der Waals surface area contributed by atoms with E-state index >= 15 is 0 Å². The molecule has 5 rings (SSSR count). The molecule has 3 heterocycles. The number of nitrogens with one attached hydrogen (secondary N) is 1. The number of likely N-dealkylation sites (tertiary alicyclic amines) is 1. The highest BCUT2D eigenvalue weighted by Crippen LogP contribution is 2.36. The molecule has 3 aromatic rings. The quantitative estimate of drug-likeness (QED) is 0.575. The van der Waals surface area contributed by atoms with Crippen LogP contribution in [0.4, 0.5) is 4.79 Å². The van der Waals surface area contributed by atoms with Crippen molar-refractivity contribution in [2.75, 3.05) is 39.4 Å². The third-order valence-electron chi connectivity index (χ3n) is 7.45. The van der Waals surface area contributed by atoms with Crippen LogP contribution < -0.4 is 0 Å². The van der Waals surface area contributed by atoms with Crippen LogP contribution in [0.5, 0.6) is 0 Å². The first kappa shape index (κ1) is 23.6. The Bertz CT molecular complexity index is 1120. The summed E-state index contributed by atoms with van der Waals surface area (Å²) in [7, 11) is 0. The van der Waals surface area contributed by atoms with Gasteiger partial charge in [-0.2, -0.15) is 5.10 Å². The molecule has 2 atom stereocenters. The lowest BCUT2D eigenvalue weighted by Crippen LogP contribution is -2.52. The molecule has 6 nitrogen and oxygen atoms in total. The highest BCUT2D eigenvalue weighted by atomic mass is 16.5. The number of aromatic nitrogens is 2. The number of hydrogen-bond donors (Lipinski definition) is 1. The van der Waals surface area contributed by atoms with E-state index in [1.807, 2.05) is 9.80 Å². The summed E-state index contributed by atoms with van der Waals surface area (Å²) in [5.41, 5.74) is 7.36. The Morgan fingerprint density at radius 1 is 0.971 bits per heavy atom. The van der Waals surface area contributed by atoms with Crippen molar-refractivity contribution in [2.45, 2.75) is 44.9 Å². The number of aryl methyl sites for hydroxylation is 2. The van der Waals surface area contributed by atoms with Crippen molar-refractivity contribution in [3.8, 4) is 0 Å². The molecule has 0 bridgehead atoms. The average Bonchev–Trinajstić information content (AvgIpc) is 3.38.